The molecule has 1 aliphatic heterocycles. The van der Waals surface area contributed by atoms with Gasteiger partial charge in [-0.05, 0) is 12.5 Å². The van der Waals surface area contributed by atoms with E-state index < -0.39 is 0 Å². The Balaban J connectivity index is 1.66. The molecule has 0 amide bonds. The van der Waals surface area contributed by atoms with Gasteiger partial charge in [0.2, 0.25) is 4.96 Å². The summed E-state index contributed by atoms with van der Waals surface area (Å²) in [5.74, 6) is 0.896. The Morgan fingerprint density at radius 1 is 1.18 bits per heavy atom. The molecule has 0 radical (unpaired) electrons. The highest BCUT2D eigenvalue weighted by Gasteiger charge is 2.17. The molecule has 0 N–H and O–H groups in total. The Labute approximate surface area is 132 Å². The Hall–Kier alpha value is -1.83. The lowest BCUT2D eigenvalue weighted by Crippen LogP contribution is -2.36. The van der Waals surface area contributed by atoms with Crippen molar-refractivity contribution in [2.75, 3.05) is 26.3 Å². The van der Waals surface area contributed by atoms with E-state index in [1.54, 1.807) is 11.3 Å². The van der Waals surface area contributed by atoms with Crippen LogP contribution in [-0.2, 0) is 11.3 Å². The minimum Gasteiger partial charge on any atom is -0.379 e. The smallest absolute Gasteiger partial charge is 0.235 e. The van der Waals surface area contributed by atoms with Crippen LogP contribution in [0.1, 0.15) is 11.4 Å². The number of ether oxygens (including phenoxy) is 1. The Kier molecular flexibility index (Phi) is 3.61. The molecule has 6 nitrogen and oxygen atoms in total. The summed E-state index contributed by atoms with van der Waals surface area (Å²) >= 11 is 1.58. The molecule has 114 valence electrons. The molecule has 2 aromatic heterocycles. The van der Waals surface area contributed by atoms with Crippen molar-refractivity contribution in [3.05, 3.63) is 35.7 Å². The van der Waals surface area contributed by atoms with Gasteiger partial charge in [0.1, 0.15) is 5.01 Å². The van der Waals surface area contributed by atoms with Gasteiger partial charge < -0.3 is 4.74 Å². The number of rotatable bonds is 3. The van der Waals surface area contributed by atoms with E-state index in [2.05, 4.69) is 34.2 Å². The molecule has 0 saturated carbocycles. The molecule has 1 aliphatic rings. The summed E-state index contributed by atoms with van der Waals surface area (Å²) in [5.41, 5.74) is 2.39. The topological polar surface area (TPSA) is 55.5 Å². The second kappa shape index (κ2) is 5.75. The monoisotopic (exact) mass is 315 g/mol. The van der Waals surface area contributed by atoms with Gasteiger partial charge in [0, 0.05) is 18.7 Å². The van der Waals surface area contributed by atoms with Gasteiger partial charge in [-0.15, -0.1) is 10.2 Å². The zero-order chi connectivity index (χ0) is 14.9. The van der Waals surface area contributed by atoms with E-state index in [1.807, 2.05) is 16.6 Å². The average molecular weight is 315 g/mol. The third kappa shape index (κ3) is 2.51. The third-order valence-corrected chi connectivity index (χ3v) is 4.83. The van der Waals surface area contributed by atoms with Crippen molar-refractivity contribution in [2.24, 2.45) is 0 Å². The molecule has 4 rings (SSSR count). The minimum absolute atomic E-state index is 0.765. The van der Waals surface area contributed by atoms with Crippen molar-refractivity contribution in [1.82, 2.24) is 24.7 Å². The normalized spacial score (nSPS) is 16.4. The number of nitrogens with zero attached hydrogens (tertiary/aromatic N) is 5. The van der Waals surface area contributed by atoms with Crippen molar-refractivity contribution < 1.29 is 4.74 Å². The van der Waals surface area contributed by atoms with Crippen LogP contribution >= 0.6 is 11.3 Å². The Bertz CT molecular complexity index is 790. The van der Waals surface area contributed by atoms with Crippen LogP contribution in [0, 0.1) is 6.92 Å². The van der Waals surface area contributed by atoms with Crippen LogP contribution < -0.4 is 0 Å². The van der Waals surface area contributed by atoms with E-state index in [1.165, 1.54) is 5.56 Å². The quantitative estimate of drug-likeness (QED) is 0.740. The molecule has 7 heteroatoms. The van der Waals surface area contributed by atoms with Gasteiger partial charge >= 0.3 is 0 Å². The molecular weight excluding hydrogens is 298 g/mol. The average Bonchev–Trinajstić information content (AvgIpc) is 3.11. The molecule has 0 atom stereocenters. The van der Waals surface area contributed by atoms with Gasteiger partial charge in [-0.2, -0.15) is 9.61 Å². The van der Waals surface area contributed by atoms with E-state index in [0.717, 1.165) is 54.2 Å². The molecule has 0 spiro atoms. The third-order valence-electron chi connectivity index (χ3n) is 3.90. The van der Waals surface area contributed by atoms with Crippen LogP contribution in [0.5, 0.6) is 0 Å². The highest BCUT2D eigenvalue weighted by atomic mass is 32.1. The number of fused-ring (bicyclic) bond motifs is 1. The molecular formula is C15H17N5OS. The number of morpholine rings is 1. The van der Waals surface area contributed by atoms with Crippen molar-refractivity contribution in [1.29, 1.82) is 0 Å². The van der Waals surface area contributed by atoms with Crippen molar-refractivity contribution in [3.63, 3.8) is 0 Å². The van der Waals surface area contributed by atoms with E-state index in [0.29, 0.717) is 0 Å². The highest BCUT2D eigenvalue weighted by Crippen LogP contribution is 2.28. The summed E-state index contributed by atoms with van der Waals surface area (Å²) in [4.78, 5) is 3.17. The maximum Gasteiger partial charge on any atom is 0.235 e. The van der Waals surface area contributed by atoms with Crippen LogP contribution in [0.3, 0.4) is 0 Å². The molecule has 3 aromatic rings. The Morgan fingerprint density at radius 3 is 2.82 bits per heavy atom. The van der Waals surface area contributed by atoms with E-state index >= 15 is 0 Å². The molecule has 1 fully saturated rings. The fourth-order valence-corrected chi connectivity index (χ4v) is 3.59. The summed E-state index contributed by atoms with van der Waals surface area (Å²) in [6.07, 6.45) is 0. The van der Waals surface area contributed by atoms with Gasteiger partial charge in [-0.3, -0.25) is 4.90 Å². The molecule has 0 aliphatic carbocycles. The first-order chi connectivity index (χ1) is 10.8. The van der Waals surface area contributed by atoms with Crippen LogP contribution in [0.25, 0.3) is 15.5 Å². The first kappa shape index (κ1) is 13.8. The fraction of sp³-hybridized carbons (Fsp3) is 0.400. The summed E-state index contributed by atoms with van der Waals surface area (Å²) < 4.78 is 7.26. The molecule has 3 heterocycles. The van der Waals surface area contributed by atoms with Crippen LogP contribution in [-0.4, -0.2) is 51.0 Å². The standard InChI is InChI=1S/C15H17N5OS/c1-11-4-2-3-5-12(11)14-18-20-13(16-17-15(20)22-14)10-19-6-8-21-9-7-19/h2-5H,6-10H2,1H3. The second-order valence-electron chi connectivity index (χ2n) is 5.42. The largest absolute Gasteiger partial charge is 0.379 e. The number of aryl methyl sites for hydroxylation is 1. The van der Waals surface area contributed by atoms with Crippen molar-refractivity contribution >= 4 is 16.3 Å². The maximum absolute atomic E-state index is 5.38. The van der Waals surface area contributed by atoms with Gasteiger partial charge in [0.25, 0.3) is 0 Å². The number of hydrogen-bond donors (Lipinski definition) is 0. The molecule has 1 saturated heterocycles. The number of benzene rings is 1. The lowest BCUT2D eigenvalue weighted by molar-refractivity contribution is 0.0328. The van der Waals surface area contributed by atoms with Crippen molar-refractivity contribution in [2.45, 2.75) is 13.5 Å². The van der Waals surface area contributed by atoms with E-state index in [9.17, 15) is 0 Å². The highest BCUT2D eigenvalue weighted by molar-refractivity contribution is 7.19. The number of hydrogen-bond acceptors (Lipinski definition) is 6. The predicted octanol–water partition coefficient (Wildman–Crippen LogP) is 1.99. The second-order valence-corrected chi connectivity index (χ2v) is 6.38. The fourth-order valence-electron chi connectivity index (χ4n) is 2.64. The molecule has 22 heavy (non-hydrogen) atoms. The predicted molar refractivity (Wildman–Crippen MR) is 84.9 cm³/mol. The number of aromatic nitrogens is 4. The Morgan fingerprint density at radius 2 is 2.00 bits per heavy atom. The first-order valence-corrected chi connectivity index (χ1v) is 8.20. The SMILES string of the molecule is Cc1ccccc1-c1nn2c(CN3CCOCC3)nnc2s1. The molecule has 0 bridgehead atoms. The minimum atomic E-state index is 0.765. The first-order valence-electron chi connectivity index (χ1n) is 7.38. The maximum atomic E-state index is 5.38. The summed E-state index contributed by atoms with van der Waals surface area (Å²) in [6, 6.07) is 8.29. The van der Waals surface area contributed by atoms with Gasteiger partial charge in [0.15, 0.2) is 5.82 Å². The summed E-state index contributed by atoms with van der Waals surface area (Å²) in [5, 5.41) is 14.3. The lowest BCUT2D eigenvalue weighted by atomic mass is 10.1. The lowest BCUT2D eigenvalue weighted by Gasteiger charge is -2.25. The zero-order valence-corrected chi connectivity index (χ0v) is 13.2. The zero-order valence-electron chi connectivity index (χ0n) is 12.4. The summed E-state index contributed by atoms with van der Waals surface area (Å²) in [7, 11) is 0. The molecule has 1 aromatic carbocycles. The van der Waals surface area contributed by atoms with Crippen LogP contribution in [0.15, 0.2) is 24.3 Å². The van der Waals surface area contributed by atoms with Gasteiger partial charge in [0.05, 0.1) is 19.8 Å². The van der Waals surface area contributed by atoms with Gasteiger partial charge in [-0.1, -0.05) is 35.6 Å². The van der Waals surface area contributed by atoms with Crippen LogP contribution in [0.4, 0.5) is 0 Å². The van der Waals surface area contributed by atoms with Gasteiger partial charge in [-0.25, -0.2) is 0 Å². The van der Waals surface area contributed by atoms with Crippen LogP contribution in [0.2, 0.25) is 0 Å². The van der Waals surface area contributed by atoms with E-state index in [4.69, 9.17) is 9.84 Å². The molecule has 0 unspecified atom stereocenters. The van der Waals surface area contributed by atoms with Crippen molar-refractivity contribution in [3.8, 4) is 10.6 Å². The van der Waals surface area contributed by atoms with E-state index in [-0.39, 0.29) is 0 Å². The summed E-state index contributed by atoms with van der Waals surface area (Å²) in [6.45, 7) is 6.31.